The van der Waals surface area contributed by atoms with Gasteiger partial charge >= 0.3 is 0 Å². The lowest BCUT2D eigenvalue weighted by Crippen LogP contribution is -2.32. The zero-order valence-electron chi connectivity index (χ0n) is 12.2. The molecule has 0 unspecified atom stereocenters. The van der Waals surface area contributed by atoms with Gasteiger partial charge < -0.3 is 5.73 Å². The Morgan fingerprint density at radius 1 is 1.38 bits per heavy atom. The van der Waals surface area contributed by atoms with Crippen LogP contribution in [0.4, 0.5) is 0 Å². The molecule has 0 radical (unpaired) electrons. The van der Waals surface area contributed by atoms with Gasteiger partial charge in [-0.3, -0.25) is 4.98 Å². The third-order valence-corrected chi connectivity index (χ3v) is 5.95. The first-order valence-corrected chi connectivity index (χ1v) is 8.98. The van der Waals surface area contributed by atoms with E-state index in [1.165, 1.54) is 35.8 Å². The van der Waals surface area contributed by atoms with E-state index >= 15 is 0 Å². The second-order valence-electron chi connectivity index (χ2n) is 5.53. The number of nitrogens with zero attached hydrogens (tertiary/aromatic N) is 2. The predicted octanol–water partition coefficient (Wildman–Crippen LogP) is 1.92. The van der Waals surface area contributed by atoms with Crippen LogP contribution in [0.25, 0.3) is 0 Å². The predicted molar refractivity (Wildman–Crippen MR) is 86.5 cm³/mol. The highest BCUT2D eigenvalue weighted by atomic mass is 32.2. The zero-order valence-corrected chi connectivity index (χ0v) is 13.8. The summed E-state index contributed by atoms with van der Waals surface area (Å²) in [6.07, 6.45) is 7.20. The highest BCUT2D eigenvalue weighted by Crippen LogP contribution is 2.25. The fourth-order valence-corrected chi connectivity index (χ4v) is 4.00. The molecule has 1 fully saturated rings. The van der Waals surface area contributed by atoms with Crippen LogP contribution in [0.15, 0.2) is 23.2 Å². The number of pyridine rings is 1. The van der Waals surface area contributed by atoms with Gasteiger partial charge in [-0.1, -0.05) is 31.5 Å². The molecule has 1 heterocycles. The van der Waals surface area contributed by atoms with Crippen LogP contribution in [0.2, 0.25) is 0 Å². The second kappa shape index (κ2) is 6.81. The summed E-state index contributed by atoms with van der Waals surface area (Å²) in [6.45, 7) is 0.569. The van der Waals surface area contributed by atoms with Crippen molar-refractivity contribution >= 4 is 27.2 Å². The quantitative estimate of drug-likeness (QED) is 0.836. The average molecular weight is 327 g/mol. The highest BCUT2D eigenvalue weighted by molar-refractivity contribution is 7.89. The maximum absolute atomic E-state index is 12.5. The van der Waals surface area contributed by atoms with Gasteiger partial charge in [-0.2, -0.15) is 0 Å². The molecule has 0 bridgehead atoms. The van der Waals surface area contributed by atoms with Crippen molar-refractivity contribution in [3.63, 3.8) is 0 Å². The van der Waals surface area contributed by atoms with Gasteiger partial charge in [0.05, 0.1) is 5.69 Å². The van der Waals surface area contributed by atoms with Crippen LogP contribution < -0.4 is 5.73 Å². The number of sulfonamides is 1. The molecule has 1 aliphatic rings. The Morgan fingerprint density at radius 3 is 2.57 bits per heavy atom. The van der Waals surface area contributed by atoms with E-state index in [2.05, 4.69) is 4.98 Å². The van der Waals surface area contributed by atoms with Crippen molar-refractivity contribution in [2.45, 2.75) is 37.0 Å². The smallest absolute Gasteiger partial charge is 0.244 e. The number of nitrogens with two attached hydrogens (primary N) is 1. The fraction of sp³-hybridized carbons (Fsp3) is 0.571. The minimum atomic E-state index is -3.49. The van der Waals surface area contributed by atoms with Crippen molar-refractivity contribution in [3.05, 3.63) is 24.0 Å². The number of thiocarbonyl (C=S) groups is 1. The molecular formula is C14H21N3O2S2. The van der Waals surface area contributed by atoms with Gasteiger partial charge in [-0.05, 0) is 30.9 Å². The summed E-state index contributed by atoms with van der Waals surface area (Å²) in [5, 5.41) is 0. The normalized spacial score (nSPS) is 17.0. The molecule has 1 aromatic heterocycles. The summed E-state index contributed by atoms with van der Waals surface area (Å²) in [4.78, 5) is 4.34. The molecule has 1 aliphatic carbocycles. The zero-order chi connectivity index (χ0) is 15.5. The molecule has 0 aromatic carbocycles. The van der Waals surface area contributed by atoms with Crippen LogP contribution in [-0.2, 0) is 10.0 Å². The molecule has 0 spiro atoms. The molecule has 0 atom stereocenters. The van der Waals surface area contributed by atoms with E-state index in [-0.39, 0.29) is 9.88 Å². The molecule has 1 aromatic rings. The van der Waals surface area contributed by atoms with Gasteiger partial charge in [0.2, 0.25) is 10.0 Å². The van der Waals surface area contributed by atoms with E-state index in [0.717, 1.165) is 12.8 Å². The Balaban J connectivity index is 2.10. The van der Waals surface area contributed by atoms with Crippen molar-refractivity contribution in [2.75, 3.05) is 13.6 Å². The molecule has 21 heavy (non-hydrogen) atoms. The molecule has 2 rings (SSSR count). The third-order valence-electron chi connectivity index (χ3n) is 3.94. The summed E-state index contributed by atoms with van der Waals surface area (Å²) in [6, 6.07) is 3.05. The first-order chi connectivity index (χ1) is 9.91. The van der Waals surface area contributed by atoms with Crippen LogP contribution in [0, 0.1) is 5.92 Å². The monoisotopic (exact) mass is 327 g/mol. The summed E-state index contributed by atoms with van der Waals surface area (Å²) < 4.78 is 26.4. The van der Waals surface area contributed by atoms with Crippen molar-refractivity contribution in [3.8, 4) is 0 Å². The van der Waals surface area contributed by atoms with Gasteiger partial charge in [0.1, 0.15) is 9.88 Å². The van der Waals surface area contributed by atoms with Gasteiger partial charge in [0.25, 0.3) is 0 Å². The van der Waals surface area contributed by atoms with E-state index in [9.17, 15) is 8.42 Å². The Morgan fingerprint density at radius 2 is 2.05 bits per heavy atom. The topological polar surface area (TPSA) is 76.3 Å². The van der Waals surface area contributed by atoms with E-state index in [4.69, 9.17) is 18.0 Å². The van der Waals surface area contributed by atoms with Crippen molar-refractivity contribution < 1.29 is 8.42 Å². The lowest BCUT2D eigenvalue weighted by Gasteiger charge is -2.26. The van der Waals surface area contributed by atoms with Gasteiger partial charge in [0, 0.05) is 19.8 Å². The molecule has 0 saturated heterocycles. The highest BCUT2D eigenvalue weighted by Gasteiger charge is 2.25. The average Bonchev–Trinajstić information content (AvgIpc) is 2.48. The fourth-order valence-electron chi connectivity index (χ4n) is 2.69. The van der Waals surface area contributed by atoms with Crippen LogP contribution >= 0.6 is 12.2 Å². The first kappa shape index (κ1) is 16.3. The van der Waals surface area contributed by atoms with Gasteiger partial charge in [-0.15, -0.1) is 0 Å². The molecular weight excluding hydrogens is 306 g/mol. The van der Waals surface area contributed by atoms with Crippen LogP contribution in [-0.4, -0.2) is 36.3 Å². The Labute approximate surface area is 131 Å². The molecule has 5 nitrogen and oxygen atoms in total. The van der Waals surface area contributed by atoms with Crippen LogP contribution in [0.3, 0.4) is 0 Å². The number of aromatic nitrogens is 1. The van der Waals surface area contributed by atoms with E-state index in [1.54, 1.807) is 13.1 Å². The lowest BCUT2D eigenvalue weighted by molar-refractivity contribution is 0.300. The van der Waals surface area contributed by atoms with Gasteiger partial charge in [-0.25, -0.2) is 12.7 Å². The van der Waals surface area contributed by atoms with Crippen molar-refractivity contribution in [2.24, 2.45) is 11.7 Å². The minimum Gasteiger partial charge on any atom is -0.388 e. The first-order valence-electron chi connectivity index (χ1n) is 7.13. The Kier molecular flexibility index (Phi) is 5.29. The lowest BCUT2D eigenvalue weighted by atomic mass is 9.89. The summed E-state index contributed by atoms with van der Waals surface area (Å²) >= 11 is 4.81. The van der Waals surface area contributed by atoms with Crippen LogP contribution in [0.1, 0.15) is 37.8 Å². The van der Waals surface area contributed by atoms with Crippen molar-refractivity contribution in [1.29, 1.82) is 0 Å². The second-order valence-corrected chi connectivity index (χ2v) is 8.02. The van der Waals surface area contributed by atoms with E-state index < -0.39 is 10.0 Å². The molecule has 7 heteroatoms. The summed E-state index contributed by atoms with van der Waals surface area (Å²) in [5.41, 5.74) is 5.89. The van der Waals surface area contributed by atoms with Crippen molar-refractivity contribution in [1.82, 2.24) is 9.29 Å². The number of hydrogen-bond acceptors (Lipinski definition) is 4. The van der Waals surface area contributed by atoms with E-state index in [0.29, 0.717) is 18.2 Å². The largest absolute Gasteiger partial charge is 0.388 e. The van der Waals surface area contributed by atoms with Gasteiger partial charge in [0.15, 0.2) is 0 Å². The Bertz CT molecular complexity index is 593. The third kappa shape index (κ3) is 3.99. The van der Waals surface area contributed by atoms with Crippen LogP contribution in [0.5, 0.6) is 0 Å². The summed E-state index contributed by atoms with van der Waals surface area (Å²) in [5.74, 6) is 0.461. The minimum absolute atomic E-state index is 0.162. The molecule has 0 amide bonds. The van der Waals surface area contributed by atoms with E-state index in [1.807, 2.05) is 0 Å². The standard InChI is InChI=1S/C14H21N3O2S2/c1-17(10-11-5-3-2-4-6-11)21(18,19)12-7-8-13(14(15)20)16-9-12/h7-9,11H,2-6,10H2,1H3,(H2,15,20). The maximum Gasteiger partial charge on any atom is 0.244 e. The Hall–Kier alpha value is -1.05. The SMILES string of the molecule is CN(CC1CCCCC1)S(=O)(=O)c1ccc(C(N)=S)nc1. The number of hydrogen-bond donors (Lipinski definition) is 1. The molecule has 1 saturated carbocycles. The summed E-state index contributed by atoms with van der Waals surface area (Å²) in [7, 11) is -1.86. The molecule has 0 aliphatic heterocycles. The molecule has 116 valence electrons. The molecule has 2 N–H and O–H groups in total. The number of rotatable bonds is 5. The maximum atomic E-state index is 12.5.